The molecule has 57 heavy (non-hydrogen) atoms. The van der Waals surface area contributed by atoms with Gasteiger partial charge in [0.05, 0.1) is 36.4 Å². The second-order valence-corrected chi connectivity index (χ2v) is 18.2. The van der Waals surface area contributed by atoms with Gasteiger partial charge in [0.2, 0.25) is 0 Å². The van der Waals surface area contributed by atoms with Crippen molar-refractivity contribution < 1.29 is 152 Å². The zero-order chi connectivity index (χ0) is 40.5. The molecule has 1 aliphatic heterocycles. The molecular formula is C40H51Ac2NO13S. The number of aliphatic hydroxyl groups is 5. The maximum Gasteiger partial charge on any atom is 0.407 e. The summed E-state index contributed by atoms with van der Waals surface area (Å²) < 4.78 is 23.1. The summed E-state index contributed by atoms with van der Waals surface area (Å²) in [4.78, 5) is 55.8. The fourth-order valence-corrected chi connectivity index (χ4v) is 9.75. The largest absolute Gasteiger partial charge is 0.456 e. The molecule has 306 valence electrons. The Balaban J connectivity index is 0.00000360. The van der Waals surface area contributed by atoms with Gasteiger partial charge in [-0.1, -0.05) is 58.9 Å². The number of thiophene rings is 1. The molecule has 2 bridgehead atoms. The van der Waals surface area contributed by atoms with Crippen LogP contribution in [0.4, 0.5) is 4.79 Å². The van der Waals surface area contributed by atoms with Gasteiger partial charge in [-0.15, -0.1) is 11.3 Å². The number of hydrogen-bond donors (Lipinski definition) is 6. The van der Waals surface area contributed by atoms with E-state index < -0.39 is 101 Å². The standard InChI is InChI=1S/C40H51NO13S.2Ac/c1-20-22(53-34(47)29(44)27(23-14-11-15-55-23)41-35(48)52-18-36(2,3)4)17-40(50)32(54-33(46)21-12-9-8-10-13-21)30-38(7,24(42)16-25-39(30,49)19-51-25)31(45)28(43)26(20)37(40,5)6;;/h8-15,22,24-25,27-30,32,42-44,49-50H,16-19H2,1-7H3,(H,41,48);;/t22-,24-,25+,27-,28+,29+,30-,32-,38+,39-,40+;;/m0../s1. The summed E-state index contributed by atoms with van der Waals surface area (Å²) in [5, 5.41) is 64.8. The fourth-order valence-electron chi connectivity index (χ4n) is 8.95. The smallest absolute Gasteiger partial charge is 0.407 e. The van der Waals surface area contributed by atoms with Gasteiger partial charge in [0.1, 0.15) is 35.6 Å². The van der Waals surface area contributed by atoms with E-state index in [0.29, 0.717) is 4.88 Å². The molecule has 1 saturated heterocycles. The van der Waals surface area contributed by atoms with Crippen molar-refractivity contribution in [3.63, 3.8) is 0 Å². The summed E-state index contributed by atoms with van der Waals surface area (Å²) in [6, 6.07) is 9.88. The van der Waals surface area contributed by atoms with Crippen molar-refractivity contribution >= 4 is 35.2 Å². The molecule has 1 aromatic carbocycles. The number of ketones is 1. The van der Waals surface area contributed by atoms with Crippen molar-refractivity contribution in [1.29, 1.82) is 0 Å². The Labute approximate surface area is 407 Å². The SMILES string of the molecule is CC1=C2[C@@H](O)C(=O)[C@@]3(C)[C@H]([C@H](OC(=O)c4ccccc4)[C@](O)(C[C@@H]1OC(=O)[C@H](O)[C@@H](NC(=O)OCC(C)(C)C)c1cccs1)C2(C)C)[C@]1(O)CO[C@@H]1C[C@@H]3O.[Ac].[Ac]. The van der Waals surface area contributed by atoms with Crippen molar-refractivity contribution in [2.75, 3.05) is 13.2 Å². The molecule has 2 radical (unpaired) electrons. The summed E-state index contributed by atoms with van der Waals surface area (Å²) >= 11 is 1.17. The van der Waals surface area contributed by atoms with Crippen LogP contribution in [0.1, 0.15) is 82.6 Å². The molecule has 17 heteroatoms. The number of aliphatic hydroxyl groups excluding tert-OH is 3. The number of nitrogens with one attached hydrogen (secondary N) is 1. The molecule has 4 aliphatic rings. The Bertz CT molecular complexity index is 1850. The number of fused-ring (bicyclic) bond motifs is 5. The first kappa shape index (κ1) is 48.8. The Morgan fingerprint density at radius 2 is 1.67 bits per heavy atom. The van der Waals surface area contributed by atoms with E-state index in [9.17, 15) is 44.7 Å². The molecule has 1 aromatic heterocycles. The van der Waals surface area contributed by atoms with E-state index in [-0.39, 0.29) is 130 Å². The van der Waals surface area contributed by atoms with Crippen LogP contribution in [0.15, 0.2) is 59.0 Å². The van der Waals surface area contributed by atoms with Crippen LogP contribution < -0.4 is 5.32 Å². The van der Waals surface area contributed by atoms with Gasteiger partial charge in [-0.05, 0) is 54.0 Å². The minimum atomic E-state index is -2.30. The van der Waals surface area contributed by atoms with Crippen LogP contribution in [0, 0.1) is 110 Å². The fraction of sp³-hybridized carbons (Fsp3) is 0.600. The monoisotopic (exact) mass is 1240 g/mol. The number of rotatable bonds is 8. The van der Waals surface area contributed by atoms with Crippen LogP contribution in [0.2, 0.25) is 0 Å². The van der Waals surface area contributed by atoms with Gasteiger partial charge in [0.15, 0.2) is 11.9 Å². The molecule has 1 amide bonds. The van der Waals surface area contributed by atoms with Gasteiger partial charge in [0, 0.05) is 117 Å². The third kappa shape index (κ3) is 8.67. The van der Waals surface area contributed by atoms with E-state index in [0.717, 1.165) is 0 Å². The van der Waals surface area contributed by atoms with Gasteiger partial charge in [-0.25, -0.2) is 14.4 Å². The van der Waals surface area contributed by atoms with Crippen molar-refractivity contribution in [3.05, 3.63) is 69.4 Å². The zero-order valence-electron chi connectivity index (χ0n) is 33.1. The maximum absolute atomic E-state index is 14.7. The molecule has 2 aromatic rings. The van der Waals surface area contributed by atoms with Crippen LogP contribution in [0.3, 0.4) is 0 Å². The predicted octanol–water partition coefficient (Wildman–Crippen LogP) is 3.00. The van der Waals surface area contributed by atoms with Crippen molar-refractivity contribution in [2.45, 2.75) is 115 Å². The first-order chi connectivity index (χ1) is 25.6. The number of amides is 1. The molecule has 3 fully saturated rings. The van der Waals surface area contributed by atoms with Crippen molar-refractivity contribution in [2.24, 2.45) is 22.2 Å². The number of Topliss-reactive ketones (excluding diaryl/α,β-unsaturated/α-hetero) is 1. The number of hydrogen-bond acceptors (Lipinski definition) is 14. The summed E-state index contributed by atoms with van der Waals surface area (Å²) in [6.07, 6.45) is -11.2. The second kappa shape index (κ2) is 17.9. The second-order valence-electron chi connectivity index (χ2n) is 17.3. The number of esters is 2. The first-order valence-electron chi connectivity index (χ1n) is 18.4. The molecule has 0 unspecified atom stereocenters. The van der Waals surface area contributed by atoms with E-state index in [1.165, 1.54) is 37.3 Å². The van der Waals surface area contributed by atoms with Crippen LogP contribution in [-0.2, 0) is 28.5 Å². The van der Waals surface area contributed by atoms with Gasteiger partial charge in [0.25, 0.3) is 0 Å². The van der Waals surface area contributed by atoms with Crippen LogP contribution in [0.5, 0.6) is 0 Å². The quantitative estimate of drug-likeness (QED) is 0.128. The van der Waals surface area contributed by atoms with Gasteiger partial charge in [-0.3, -0.25) is 4.79 Å². The molecule has 14 nitrogen and oxygen atoms in total. The molecule has 3 aliphatic carbocycles. The minimum absolute atomic E-state index is 0. The van der Waals surface area contributed by atoms with E-state index in [1.54, 1.807) is 49.6 Å². The molecule has 6 N–H and O–H groups in total. The summed E-state index contributed by atoms with van der Waals surface area (Å²) in [6.45, 7) is 11.4. The molecular weight excluding hydrogens is 1190 g/mol. The van der Waals surface area contributed by atoms with Crippen LogP contribution in [-0.4, -0.2) is 110 Å². The molecule has 2 saturated carbocycles. The van der Waals surface area contributed by atoms with E-state index in [2.05, 4.69) is 5.32 Å². The third-order valence-electron chi connectivity index (χ3n) is 12.2. The predicted molar refractivity (Wildman–Crippen MR) is 197 cm³/mol. The van der Waals surface area contributed by atoms with E-state index in [4.69, 9.17) is 18.9 Å². The summed E-state index contributed by atoms with van der Waals surface area (Å²) in [7, 11) is 0. The Morgan fingerprint density at radius 3 is 2.23 bits per heavy atom. The minimum Gasteiger partial charge on any atom is -0.456 e. The molecule has 2 heterocycles. The Morgan fingerprint density at radius 1 is 1.02 bits per heavy atom. The Kier molecular flexibility index (Phi) is 15.3. The molecule has 0 spiro atoms. The first-order valence-corrected chi connectivity index (χ1v) is 19.2. The average Bonchev–Trinajstić information content (AvgIpc) is 3.66. The van der Waals surface area contributed by atoms with Gasteiger partial charge >= 0.3 is 18.0 Å². The number of carbonyl (C=O) groups excluding carboxylic acids is 4. The van der Waals surface area contributed by atoms with Crippen molar-refractivity contribution in [1.82, 2.24) is 5.32 Å². The molecule has 6 rings (SSSR count). The summed E-state index contributed by atoms with van der Waals surface area (Å²) in [5.41, 5.74) is -7.86. The average molecular weight is 1240 g/mol. The third-order valence-corrected chi connectivity index (χ3v) is 13.1. The van der Waals surface area contributed by atoms with Crippen LogP contribution >= 0.6 is 11.3 Å². The number of carbonyl (C=O) groups is 4. The normalized spacial score (nSPS) is 33.9. The number of ether oxygens (including phenoxy) is 4. The van der Waals surface area contributed by atoms with E-state index in [1.807, 2.05) is 20.8 Å². The zero-order valence-corrected chi connectivity index (χ0v) is 43.4. The number of alkyl carbamates (subject to hydrolysis) is 1. The molecule has 11 atom stereocenters. The maximum atomic E-state index is 14.7. The van der Waals surface area contributed by atoms with E-state index >= 15 is 0 Å². The van der Waals surface area contributed by atoms with Gasteiger partial charge < -0.3 is 49.8 Å². The Hall–Kier alpha value is -0.817. The topological polar surface area (TPSA) is 218 Å². The summed E-state index contributed by atoms with van der Waals surface area (Å²) in [5.74, 6) is -4.52. The van der Waals surface area contributed by atoms with Crippen molar-refractivity contribution in [3.8, 4) is 0 Å². The van der Waals surface area contributed by atoms with Crippen LogP contribution in [0.25, 0.3) is 0 Å². The number of benzene rings is 1. The van der Waals surface area contributed by atoms with Gasteiger partial charge in [-0.2, -0.15) is 0 Å².